The number of allylic oxidation sites excluding steroid dienone is 1. The molecule has 2 rings (SSSR count). The maximum Gasteiger partial charge on any atom is 0.128 e. The summed E-state index contributed by atoms with van der Waals surface area (Å²) < 4.78 is 0.718. The molecule has 0 saturated carbocycles. The van der Waals surface area contributed by atoms with Crippen molar-refractivity contribution in [1.29, 1.82) is 5.26 Å². The Morgan fingerprint density at radius 2 is 1.95 bits per heavy atom. The van der Waals surface area contributed by atoms with Gasteiger partial charge in [0.05, 0.1) is 20.2 Å². The summed E-state index contributed by atoms with van der Waals surface area (Å²) in [4.78, 5) is 0. The Morgan fingerprint density at radius 1 is 1.20 bits per heavy atom. The van der Waals surface area contributed by atoms with E-state index in [2.05, 4.69) is 6.07 Å². The average Bonchev–Trinajstić information content (AvgIpc) is 2.41. The lowest BCUT2D eigenvalue weighted by Crippen LogP contribution is -1.85. The second-order valence-electron chi connectivity index (χ2n) is 4.00. The minimum absolute atomic E-state index is 0.214. The molecule has 0 heterocycles. The quantitative estimate of drug-likeness (QED) is 0.407. The smallest absolute Gasteiger partial charge is 0.128 e. The number of benzene rings is 2. The SMILES string of the molecule is N#C/C(=C/c1ccc(O)c(I)c1)c1ccc(Cl)cc1Cl. The molecule has 0 aliphatic rings. The maximum absolute atomic E-state index is 9.50. The van der Waals surface area contributed by atoms with E-state index in [-0.39, 0.29) is 5.75 Å². The van der Waals surface area contributed by atoms with Crippen LogP contribution in [0, 0.1) is 14.9 Å². The zero-order valence-electron chi connectivity index (χ0n) is 10.1. The highest BCUT2D eigenvalue weighted by Gasteiger charge is 2.07. The molecule has 0 radical (unpaired) electrons. The fourth-order valence-electron chi connectivity index (χ4n) is 1.66. The van der Waals surface area contributed by atoms with Crippen molar-refractivity contribution in [2.24, 2.45) is 0 Å². The van der Waals surface area contributed by atoms with Gasteiger partial charge in [0.2, 0.25) is 0 Å². The van der Waals surface area contributed by atoms with E-state index >= 15 is 0 Å². The summed E-state index contributed by atoms with van der Waals surface area (Å²) >= 11 is 14.0. The molecule has 0 amide bonds. The Labute approximate surface area is 140 Å². The lowest BCUT2D eigenvalue weighted by molar-refractivity contribution is 0.471. The zero-order chi connectivity index (χ0) is 14.7. The summed E-state index contributed by atoms with van der Waals surface area (Å²) in [6.07, 6.45) is 1.72. The van der Waals surface area contributed by atoms with E-state index < -0.39 is 0 Å². The monoisotopic (exact) mass is 415 g/mol. The van der Waals surface area contributed by atoms with Gasteiger partial charge in [-0.2, -0.15) is 5.26 Å². The molecule has 0 fully saturated rings. The number of nitriles is 1. The fourth-order valence-corrected chi connectivity index (χ4v) is 2.71. The van der Waals surface area contributed by atoms with Crippen molar-refractivity contribution >= 4 is 57.4 Å². The highest BCUT2D eigenvalue weighted by atomic mass is 127. The van der Waals surface area contributed by atoms with Gasteiger partial charge in [-0.15, -0.1) is 0 Å². The van der Waals surface area contributed by atoms with Crippen LogP contribution in [0.3, 0.4) is 0 Å². The minimum atomic E-state index is 0.214. The first-order valence-electron chi connectivity index (χ1n) is 5.57. The molecular formula is C15H8Cl2INO. The Balaban J connectivity index is 2.49. The van der Waals surface area contributed by atoms with Gasteiger partial charge in [0.1, 0.15) is 5.75 Å². The average molecular weight is 416 g/mol. The Morgan fingerprint density at radius 3 is 2.55 bits per heavy atom. The van der Waals surface area contributed by atoms with Gasteiger partial charge in [0.25, 0.3) is 0 Å². The van der Waals surface area contributed by atoms with Gasteiger partial charge in [0, 0.05) is 10.6 Å². The van der Waals surface area contributed by atoms with Crippen LogP contribution in [0.2, 0.25) is 10.0 Å². The number of phenols is 1. The van der Waals surface area contributed by atoms with Crippen LogP contribution in [0.4, 0.5) is 0 Å². The first-order valence-corrected chi connectivity index (χ1v) is 7.40. The third kappa shape index (κ3) is 3.45. The van der Waals surface area contributed by atoms with Crippen LogP contribution in [0.1, 0.15) is 11.1 Å². The predicted octanol–water partition coefficient (Wildman–Crippen LogP) is 5.37. The molecule has 5 heteroatoms. The van der Waals surface area contributed by atoms with Crippen LogP contribution in [0.5, 0.6) is 5.75 Å². The molecule has 0 unspecified atom stereocenters. The van der Waals surface area contributed by atoms with Crippen LogP contribution in [0.15, 0.2) is 36.4 Å². The van der Waals surface area contributed by atoms with E-state index in [9.17, 15) is 10.4 Å². The zero-order valence-corrected chi connectivity index (χ0v) is 13.7. The molecule has 0 saturated heterocycles. The molecule has 0 bridgehead atoms. The molecule has 0 aliphatic heterocycles. The van der Waals surface area contributed by atoms with Crippen molar-refractivity contribution in [1.82, 2.24) is 0 Å². The highest BCUT2D eigenvalue weighted by Crippen LogP contribution is 2.29. The van der Waals surface area contributed by atoms with Crippen molar-refractivity contribution in [3.8, 4) is 11.8 Å². The molecule has 1 N–H and O–H groups in total. The summed E-state index contributed by atoms with van der Waals surface area (Å²) in [6, 6.07) is 12.2. The Kier molecular flexibility index (Phi) is 4.92. The molecule has 20 heavy (non-hydrogen) atoms. The lowest BCUT2D eigenvalue weighted by Gasteiger charge is -2.04. The maximum atomic E-state index is 9.50. The summed E-state index contributed by atoms with van der Waals surface area (Å²) in [6.45, 7) is 0. The standard InChI is InChI=1S/C15H8Cl2INO/c16-11-2-3-12(13(17)7-11)10(8-19)5-9-1-4-15(20)14(18)6-9/h1-7,20H/b10-5-. The Bertz CT molecular complexity index is 735. The van der Waals surface area contributed by atoms with E-state index in [1.165, 1.54) is 0 Å². The number of hydrogen-bond acceptors (Lipinski definition) is 2. The number of rotatable bonds is 2. The van der Waals surface area contributed by atoms with E-state index in [1.807, 2.05) is 22.6 Å². The number of phenolic OH excluding ortho intramolecular Hbond substituents is 1. The highest BCUT2D eigenvalue weighted by molar-refractivity contribution is 14.1. The van der Waals surface area contributed by atoms with E-state index in [0.717, 1.165) is 9.13 Å². The van der Waals surface area contributed by atoms with Gasteiger partial charge in [0.15, 0.2) is 0 Å². The first-order chi connectivity index (χ1) is 9.51. The second kappa shape index (κ2) is 6.49. The van der Waals surface area contributed by atoms with Crippen LogP contribution in [0.25, 0.3) is 11.6 Å². The number of nitrogens with zero attached hydrogens (tertiary/aromatic N) is 1. The van der Waals surface area contributed by atoms with Crippen LogP contribution in [-0.2, 0) is 0 Å². The van der Waals surface area contributed by atoms with Crippen molar-refractivity contribution in [2.75, 3.05) is 0 Å². The molecule has 2 nitrogen and oxygen atoms in total. The number of halogens is 3. The lowest BCUT2D eigenvalue weighted by atomic mass is 10.0. The molecule has 0 atom stereocenters. The number of hydrogen-bond donors (Lipinski definition) is 1. The predicted molar refractivity (Wildman–Crippen MR) is 90.8 cm³/mol. The van der Waals surface area contributed by atoms with Gasteiger partial charge in [-0.3, -0.25) is 0 Å². The van der Waals surface area contributed by atoms with Crippen LogP contribution >= 0.6 is 45.8 Å². The van der Waals surface area contributed by atoms with Crippen LogP contribution in [-0.4, -0.2) is 5.11 Å². The van der Waals surface area contributed by atoms with Gasteiger partial charge >= 0.3 is 0 Å². The summed E-state index contributed by atoms with van der Waals surface area (Å²) in [5.41, 5.74) is 1.88. The largest absolute Gasteiger partial charge is 0.507 e. The molecule has 2 aromatic rings. The normalized spacial score (nSPS) is 11.2. The molecule has 0 spiro atoms. The third-order valence-corrected chi connectivity index (χ3v) is 4.04. The molecule has 2 aromatic carbocycles. The number of aromatic hydroxyl groups is 1. The molecular weight excluding hydrogens is 408 g/mol. The van der Waals surface area contributed by atoms with Gasteiger partial charge in [-0.25, -0.2) is 0 Å². The van der Waals surface area contributed by atoms with E-state index in [0.29, 0.717) is 21.2 Å². The molecule has 100 valence electrons. The first kappa shape index (κ1) is 15.2. The minimum Gasteiger partial charge on any atom is -0.507 e. The second-order valence-corrected chi connectivity index (χ2v) is 6.01. The van der Waals surface area contributed by atoms with Crippen molar-refractivity contribution in [3.05, 3.63) is 61.1 Å². The fraction of sp³-hybridized carbons (Fsp3) is 0. The Hall–Kier alpha value is -1.22. The van der Waals surface area contributed by atoms with Gasteiger partial charge in [-0.1, -0.05) is 35.3 Å². The van der Waals surface area contributed by atoms with Crippen molar-refractivity contribution < 1.29 is 5.11 Å². The van der Waals surface area contributed by atoms with Gasteiger partial charge in [-0.05, 0) is 58.5 Å². The summed E-state index contributed by atoms with van der Waals surface area (Å²) in [7, 11) is 0. The summed E-state index contributed by atoms with van der Waals surface area (Å²) in [5, 5.41) is 19.7. The van der Waals surface area contributed by atoms with Crippen LogP contribution < -0.4 is 0 Å². The molecule has 0 aromatic heterocycles. The van der Waals surface area contributed by atoms with Crippen molar-refractivity contribution in [3.63, 3.8) is 0 Å². The molecule has 0 aliphatic carbocycles. The van der Waals surface area contributed by atoms with E-state index in [4.69, 9.17) is 23.2 Å². The van der Waals surface area contributed by atoms with E-state index in [1.54, 1.807) is 42.5 Å². The van der Waals surface area contributed by atoms with Gasteiger partial charge < -0.3 is 5.11 Å². The van der Waals surface area contributed by atoms with Crippen molar-refractivity contribution in [2.45, 2.75) is 0 Å². The third-order valence-electron chi connectivity index (χ3n) is 2.62. The summed E-state index contributed by atoms with van der Waals surface area (Å²) in [5.74, 6) is 0.214. The topological polar surface area (TPSA) is 44.0 Å².